The van der Waals surface area contributed by atoms with E-state index in [0.29, 0.717) is 5.56 Å². The summed E-state index contributed by atoms with van der Waals surface area (Å²) in [5, 5.41) is 8.67. The summed E-state index contributed by atoms with van der Waals surface area (Å²) in [6.45, 7) is 3.75. The predicted molar refractivity (Wildman–Crippen MR) is 84.3 cm³/mol. The fourth-order valence-corrected chi connectivity index (χ4v) is 3.30. The van der Waals surface area contributed by atoms with Gasteiger partial charge in [0, 0.05) is 11.6 Å². The normalized spacial score (nSPS) is 12.5. The van der Waals surface area contributed by atoms with Crippen molar-refractivity contribution in [3.63, 3.8) is 0 Å². The van der Waals surface area contributed by atoms with Crippen molar-refractivity contribution in [2.45, 2.75) is 50.5 Å². The molecule has 0 saturated carbocycles. The molecule has 1 atom stereocenters. The summed E-state index contributed by atoms with van der Waals surface area (Å²) >= 11 is 0. The van der Waals surface area contributed by atoms with Crippen LogP contribution in [0.3, 0.4) is 0 Å². The molecule has 5 heteroatoms. The van der Waals surface area contributed by atoms with Crippen molar-refractivity contribution >= 4 is 10.0 Å². The van der Waals surface area contributed by atoms with Crippen LogP contribution in [0.5, 0.6) is 0 Å². The lowest BCUT2D eigenvalue weighted by Crippen LogP contribution is -2.32. The van der Waals surface area contributed by atoms with Gasteiger partial charge in [0.05, 0.1) is 4.90 Å². The van der Waals surface area contributed by atoms with E-state index in [1.54, 1.807) is 18.2 Å². The van der Waals surface area contributed by atoms with E-state index in [1.165, 1.54) is 6.07 Å². The molecule has 0 bridgehead atoms. The molecule has 0 amide bonds. The molecule has 0 fully saturated rings. The zero-order valence-electron chi connectivity index (χ0n) is 12.6. The number of unbranched alkanes of at least 4 members (excludes halogenated alkanes) is 2. The van der Waals surface area contributed by atoms with Crippen LogP contribution in [0.4, 0.5) is 0 Å². The molecule has 0 aliphatic carbocycles. The van der Waals surface area contributed by atoms with Gasteiger partial charge in [0.25, 0.3) is 0 Å². The second-order valence-corrected chi connectivity index (χ2v) is 6.72. The van der Waals surface area contributed by atoms with E-state index >= 15 is 0 Å². The van der Waals surface area contributed by atoms with Crippen LogP contribution in [-0.4, -0.2) is 26.2 Å². The van der Waals surface area contributed by atoms with E-state index in [0.717, 1.165) is 25.7 Å². The maximum atomic E-state index is 12.3. The number of sulfonamides is 1. The Morgan fingerprint density at radius 3 is 2.76 bits per heavy atom. The molecule has 1 rings (SSSR count). The Bertz CT molecular complexity index is 599. The van der Waals surface area contributed by atoms with E-state index in [9.17, 15) is 8.42 Å². The van der Waals surface area contributed by atoms with Crippen molar-refractivity contribution in [3.8, 4) is 11.8 Å². The van der Waals surface area contributed by atoms with Crippen LogP contribution in [-0.2, 0) is 10.0 Å². The Labute approximate surface area is 127 Å². The summed E-state index contributed by atoms with van der Waals surface area (Å²) in [4.78, 5) is 0.203. The van der Waals surface area contributed by atoms with Crippen LogP contribution < -0.4 is 4.72 Å². The lowest BCUT2D eigenvalue weighted by Gasteiger charge is -2.14. The monoisotopic (exact) mass is 309 g/mol. The van der Waals surface area contributed by atoms with Gasteiger partial charge in [-0.05, 0) is 31.5 Å². The van der Waals surface area contributed by atoms with Gasteiger partial charge < -0.3 is 5.11 Å². The molecule has 0 saturated heterocycles. The molecule has 2 N–H and O–H groups in total. The molecule has 0 spiro atoms. The van der Waals surface area contributed by atoms with Crippen molar-refractivity contribution in [1.29, 1.82) is 0 Å². The smallest absolute Gasteiger partial charge is 0.240 e. The molecule has 0 radical (unpaired) electrons. The second-order valence-electron chi connectivity index (χ2n) is 5.01. The first kappa shape index (κ1) is 17.7. The van der Waals surface area contributed by atoms with Gasteiger partial charge in [0.15, 0.2) is 0 Å². The minimum Gasteiger partial charge on any atom is -0.384 e. The van der Waals surface area contributed by atoms with Crippen LogP contribution in [0.15, 0.2) is 29.2 Å². The maximum Gasteiger partial charge on any atom is 0.240 e. The minimum absolute atomic E-state index is 0.0891. The van der Waals surface area contributed by atoms with Gasteiger partial charge in [-0.2, -0.15) is 0 Å². The Morgan fingerprint density at radius 1 is 1.33 bits per heavy atom. The van der Waals surface area contributed by atoms with Crippen molar-refractivity contribution in [2.75, 3.05) is 6.61 Å². The van der Waals surface area contributed by atoms with Crippen LogP contribution >= 0.6 is 0 Å². The Balaban J connectivity index is 2.78. The van der Waals surface area contributed by atoms with Crippen molar-refractivity contribution in [3.05, 3.63) is 29.8 Å². The van der Waals surface area contributed by atoms with Crippen molar-refractivity contribution < 1.29 is 13.5 Å². The zero-order valence-corrected chi connectivity index (χ0v) is 13.4. The Hall–Kier alpha value is -1.35. The second kappa shape index (κ2) is 8.83. The Kier molecular flexibility index (Phi) is 7.44. The van der Waals surface area contributed by atoms with Gasteiger partial charge in [-0.3, -0.25) is 0 Å². The first-order chi connectivity index (χ1) is 9.99. The number of aliphatic hydroxyl groups excluding tert-OH is 1. The third-order valence-electron chi connectivity index (χ3n) is 3.05. The van der Waals surface area contributed by atoms with E-state index in [1.807, 2.05) is 6.92 Å². The van der Waals surface area contributed by atoms with Gasteiger partial charge in [-0.15, -0.1) is 0 Å². The lowest BCUT2D eigenvalue weighted by atomic mass is 10.1. The number of aliphatic hydroxyl groups is 1. The van der Waals surface area contributed by atoms with E-state index in [2.05, 4.69) is 23.5 Å². The number of benzene rings is 1. The SMILES string of the molecule is CCCCCC(C)NS(=O)(=O)c1cccc(C#CCO)c1. The molecule has 0 aliphatic rings. The molecule has 116 valence electrons. The van der Waals surface area contributed by atoms with Crippen molar-refractivity contribution in [1.82, 2.24) is 4.72 Å². The van der Waals surface area contributed by atoms with E-state index in [-0.39, 0.29) is 17.5 Å². The van der Waals surface area contributed by atoms with Crippen LogP contribution in [0.25, 0.3) is 0 Å². The quantitative estimate of drug-likeness (QED) is 0.600. The average molecular weight is 309 g/mol. The van der Waals surface area contributed by atoms with Crippen LogP contribution in [0, 0.1) is 11.8 Å². The first-order valence-electron chi connectivity index (χ1n) is 7.21. The lowest BCUT2D eigenvalue weighted by molar-refractivity contribution is 0.350. The summed E-state index contributed by atoms with van der Waals surface area (Å²) in [5.41, 5.74) is 0.575. The summed E-state index contributed by atoms with van der Waals surface area (Å²) < 4.78 is 27.3. The van der Waals surface area contributed by atoms with E-state index < -0.39 is 10.0 Å². The highest BCUT2D eigenvalue weighted by Gasteiger charge is 2.17. The number of hydrogen-bond donors (Lipinski definition) is 2. The third-order valence-corrected chi connectivity index (χ3v) is 4.64. The summed E-state index contributed by atoms with van der Waals surface area (Å²) in [6.07, 6.45) is 4.07. The topological polar surface area (TPSA) is 66.4 Å². The summed E-state index contributed by atoms with van der Waals surface area (Å²) in [6, 6.07) is 6.34. The molecule has 4 nitrogen and oxygen atoms in total. The average Bonchev–Trinajstić information content (AvgIpc) is 2.45. The van der Waals surface area contributed by atoms with Crippen LogP contribution in [0.2, 0.25) is 0 Å². The minimum atomic E-state index is -3.52. The molecule has 0 aliphatic heterocycles. The third kappa shape index (κ3) is 6.30. The predicted octanol–water partition coefficient (Wildman–Crippen LogP) is 2.28. The molecular formula is C16H23NO3S. The van der Waals surface area contributed by atoms with Gasteiger partial charge in [0.1, 0.15) is 6.61 Å². The number of nitrogens with one attached hydrogen (secondary N) is 1. The fourth-order valence-electron chi connectivity index (χ4n) is 1.97. The fraction of sp³-hybridized carbons (Fsp3) is 0.500. The van der Waals surface area contributed by atoms with Crippen LogP contribution in [0.1, 0.15) is 45.1 Å². The maximum absolute atomic E-state index is 12.3. The molecule has 1 aromatic carbocycles. The van der Waals surface area contributed by atoms with E-state index in [4.69, 9.17) is 5.11 Å². The van der Waals surface area contributed by atoms with Gasteiger partial charge >= 0.3 is 0 Å². The molecule has 0 aromatic heterocycles. The highest BCUT2D eigenvalue weighted by Crippen LogP contribution is 2.13. The largest absolute Gasteiger partial charge is 0.384 e. The van der Waals surface area contributed by atoms with Crippen molar-refractivity contribution in [2.24, 2.45) is 0 Å². The van der Waals surface area contributed by atoms with Gasteiger partial charge in [-0.1, -0.05) is 44.1 Å². The first-order valence-corrected chi connectivity index (χ1v) is 8.70. The molecule has 1 aromatic rings. The summed E-state index contributed by atoms with van der Waals surface area (Å²) in [5.74, 6) is 5.22. The van der Waals surface area contributed by atoms with Gasteiger partial charge in [0.2, 0.25) is 10.0 Å². The Morgan fingerprint density at radius 2 is 2.10 bits per heavy atom. The molecule has 1 unspecified atom stereocenters. The number of rotatable bonds is 7. The molecule has 0 heterocycles. The number of hydrogen-bond acceptors (Lipinski definition) is 3. The molecular weight excluding hydrogens is 286 g/mol. The highest BCUT2D eigenvalue weighted by molar-refractivity contribution is 7.89. The molecule has 21 heavy (non-hydrogen) atoms. The summed E-state index contributed by atoms with van der Waals surface area (Å²) in [7, 11) is -3.52. The standard InChI is InChI=1S/C16H23NO3S/c1-3-4-5-8-14(2)17-21(19,20)16-11-6-9-15(13-16)10-7-12-18/h6,9,11,13-14,17-18H,3-5,8,12H2,1-2H3. The highest BCUT2D eigenvalue weighted by atomic mass is 32.2. The van der Waals surface area contributed by atoms with Gasteiger partial charge in [-0.25, -0.2) is 13.1 Å². The zero-order chi connectivity index (χ0) is 15.7.